The number of fused-ring (bicyclic) bond motifs is 1. The summed E-state index contributed by atoms with van der Waals surface area (Å²) in [6, 6.07) is 14.9. The Kier molecular flexibility index (Phi) is 4.95. The molecule has 1 aromatic heterocycles. The topological polar surface area (TPSA) is 55.4 Å². The third-order valence-electron chi connectivity index (χ3n) is 3.85. The first kappa shape index (κ1) is 16.9. The van der Waals surface area contributed by atoms with Gasteiger partial charge in [-0.2, -0.15) is 0 Å². The van der Waals surface area contributed by atoms with Crippen LogP contribution in [0.25, 0.3) is 15.7 Å². The van der Waals surface area contributed by atoms with Crippen LogP contribution < -0.4 is 5.32 Å². The number of carbonyl (C=O) groups is 2. The first-order valence-electron chi connectivity index (χ1n) is 7.73. The van der Waals surface area contributed by atoms with E-state index >= 15 is 0 Å². The Labute approximate surface area is 149 Å². The lowest BCUT2D eigenvalue weighted by Gasteiger charge is -2.08. The molecular weight excluding hydrogens is 334 g/mol. The first-order chi connectivity index (χ1) is 12.1. The summed E-state index contributed by atoms with van der Waals surface area (Å²) in [6.45, 7) is 1.89. The van der Waals surface area contributed by atoms with Crippen molar-refractivity contribution in [1.82, 2.24) is 0 Å². The molecule has 126 valence electrons. The second-order valence-electron chi connectivity index (χ2n) is 5.53. The van der Waals surface area contributed by atoms with Crippen LogP contribution in [-0.2, 0) is 9.53 Å². The highest BCUT2D eigenvalue weighted by Crippen LogP contribution is 2.25. The zero-order valence-corrected chi connectivity index (χ0v) is 14.7. The lowest BCUT2D eigenvalue weighted by Crippen LogP contribution is -2.13. The van der Waals surface area contributed by atoms with Gasteiger partial charge in [0.15, 0.2) is 0 Å². The average Bonchev–Trinajstić information content (AvgIpc) is 3.09. The molecule has 0 saturated heterocycles. The molecule has 0 aliphatic heterocycles. The van der Waals surface area contributed by atoms with Gasteiger partial charge in [0.1, 0.15) is 0 Å². The van der Waals surface area contributed by atoms with Gasteiger partial charge in [-0.3, -0.25) is 4.79 Å². The van der Waals surface area contributed by atoms with Crippen molar-refractivity contribution in [3.8, 4) is 0 Å². The van der Waals surface area contributed by atoms with Gasteiger partial charge in [-0.1, -0.05) is 18.2 Å². The van der Waals surface area contributed by atoms with Gasteiger partial charge in [0.05, 0.1) is 18.4 Å². The van der Waals surface area contributed by atoms with Gasteiger partial charge in [-0.05, 0) is 59.2 Å². The zero-order valence-electron chi connectivity index (χ0n) is 13.9. The number of benzene rings is 2. The van der Waals surface area contributed by atoms with E-state index < -0.39 is 5.97 Å². The molecule has 0 unspecified atom stereocenters. The molecule has 5 heteroatoms. The van der Waals surface area contributed by atoms with Gasteiger partial charge < -0.3 is 10.1 Å². The SMILES string of the molecule is COC(=O)c1ccccc1NC(=O)C=C(C)c1ccc2sccc2c1. The number of thiophene rings is 1. The quantitative estimate of drug-likeness (QED) is 0.546. The molecule has 3 aromatic rings. The maximum Gasteiger partial charge on any atom is 0.339 e. The number of rotatable bonds is 4. The first-order valence-corrected chi connectivity index (χ1v) is 8.60. The molecule has 1 N–H and O–H groups in total. The summed E-state index contributed by atoms with van der Waals surface area (Å²) in [4.78, 5) is 24.1. The molecule has 25 heavy (non-hydrogen) atoms. The van der Waals surface area contributed by atoms with Crippen LogP contribution in [0.15, 0.2) is 60.0 Å². The number of carbonyl (C=O) groups excluding carboxylic acids is 2. The Morgan fingerprint density at radius 2 is 1.92 bits per heavy atom. The van der Waals surface area contributed by atoms with E-state index in [1.807, 2.05) is 18.4 Å². The van der Waals surface area contributed by atoms with E-state index in [0.29, 0.717) is 11.3 Å². The van der Waals surface area contributed by atoms with E-state index in [-0.39, 0.29) is 5.91 Å². The molecule has 1 heterocycles. The number of allylic oxidation sites excluding steroid dienone is 1. The number of methoxy groups -OCH3 is 1. The van der Waals surface area contributed by atoms with E-state index in [2.05, 4.69) is 23.5 Å². The summed E-state index contributed by atoms with van der Waals surface area (Å²) >= 11 is 1.69. The van der Waals surface area contributed by atoms with Crippen molar-refractivity contribution in [1.29, 1.82) is 0 Å². The minimum Gasteiger partial charge on any atom is -0.465 e. The normalized spacial score (nSPS) is 11.4. The van der Waals surface area contributed by atoms with Crippen LogP contribution >= 0.6 is 11.3 Å². The zero-order chi connectivity index (χ0) is 17.8. The van der Waals surface area contributed by atoms with Crippen LogP contribution in [0.3, 0.4) is 0 Å². The van der Waals surface area contributed by atoms with Crippen molar-refractivity contribution in [3.05, 3.63) is 71.1 Å². The van der Waals surface area contributed by atoms with E-state index in [4.69, 9.17) is 4.74 Å². The summed E-state index contributed by atoms with van der Waals surface area (Å²) in [5, 5.41) is 5.95. The monoisotopic (exact) mass is 351 g/mol. The molecule has 0 radical (unpaired) electrons. The molecule has 0 aliphatic carbocycles. The van der Waals surface area contributed by atoms with Crippen LogP contribution in [0.2, 0.25) is 0 Å². The van der Waals surface area contributed by atoms with Gasteiger partial charge >= 0.3 is 5.97 Å². The molecule has 3 rings (SSSR count). The minimum absolute atomic E-state index is 0.292. The molecular formula is C20H17NO3S. The molecule has 0 spiro atoms. The maximum atomic E-state index is 12.3. The third kappa shape index (κ3) is 3.78. The van der Waals surface area contributed by atoms with Gasteiger partial charge in [0.25, 0.3) is 0 Å². The molecule has 0 fully saturated rings. The highest BCUT2D eigenvalue weighted by Gasteiger charge is 2.12. The van der Waals surface area contributed by atoms with E-state index in [0.717, 1.165) is 16.5 Å². The summed E-state index contributed by atoms with van der Waals surface area (Å²) in [5.41, 5.74) is 2.59. The predicted octanol–water partition coefficient (Wildman–Crippen LogP) is 4.73. The van der Waals surface area contributed by atoms with E-state index in [1.165, 1.54) is 17.9 Å². The Bertz CT molecular complexity index is 972. The highest BCUT2D eigenvalue weighted by atomic mass is 32.1. The standard InChI is InChI=1S/C20H17NO3S/c1-13(14-7-8-18-15(12-14)9-10-25-18)11-19(22)21-17-6-4-3-5-16(17)20(23)24-2/h3-12H,1-2H3,(H,21,22). The largest absolute Gasteiger partial charge is 0.465 e. The summed E-state index contributed by atoms with van der Waals surface area (Å²) in [5.74, 6) is -0.779. The number of esters is 1. The summed E-state index contributed by atoms with van der Waals surface area (Å²) in [7, 11) is 1.31. The smallest absolute Gasteiger partial charge is 0.339 e. The molecule has 4 nitrogen and oxygen atoms in total. The van der Waals surface area contributed by atoms with Crippen LogP contribution in [0.5, 0.6) is 0 Å². The molecule has 2 aromatic carbocycles. The van der Waals surface area contributed by atoms with E-state index in [1.54, 1.807) is 35.6 Å². The van der Waals surface area contributed by atoms with Crippen molar-refractivity contribution in [2.75, 3.05) is 12.4 Å². The Morgan fingerprint density at radius 1 is 1.12 bits per heavy atom. The van der Waals surface area contributed by atoms with Crippen molar-refractivity contribution in [2.24, 2.45) is 0 Å². The number of hydrogen-bond donors (Lipinski definition) is 1. The third-order valence-corrected chi connectivity index (χ3v) is 4.74. The van der Waals surface area contributed by atoms with Crippen LogP contribution in [0.4, 0.5) is 5.69 Å². The number of ether oxygens (including phenoxy) is 1. The number of para-hydroxylation sites is 1. The van der Waals surface area contributed by atoms with Crippen molar-refractivity contribution >= 4 is 44.6 Å². The maximum absolute atomic E-state index is 12.3. The van der Waals surface area contributed by atoms with Crippen molar-refractivity contribution in [3.63, 3.8) is 0 Å². The number of hydrogen-bond acceptors (Lipinski definition) is 4. The van der Waals surface area contributed by atoms with Crippen molar-refractivity contribution < 1.29 is 14.3 Å². The van der Waals surface area contributed by atoms with Crippen LogP contribution in [-0.4, -0.2) is 19.0 Å². The fourth-order valence-corrected chi connectivity index (χ4v) is 3.31. The molecule has 1 amide bonds. The Hall–Kier alpha value is -2.92. The minimum atomic E-state index is -0.487. The van der Waals surface area contributed by atoms with E-state index in [9.17, 15) is 9.59 Å². The van der Waals surface area contributed by atoms with Gasteiger partial charge in [0.2, 0.25) is 5.91 Å². The lowest BCUT2D eigenvalue weighted by molar-refractivity contribution is -0.111. The van der Waals surface area contributed by atoms with Gasteiger partial charge in [-0.25, -0.2) is 4.79 Å². The molecule has 0 saturated carbocycles. The lowest BCUT2D eigenvalue weighted by atomic mass is 10.1. The summed E-state index contributed by atoms with van der Waals surface area (Å²) < 4.78 is 5.95. The highest BCUT2D eigenvalue weighted by molar-refractivity contribution is 7.17. The molecule has 0 aliphatic rings. The second-order valence-corrected chi connectivity index (χ2v) is 6.47. The second kappa shape index (κ2) is 7.32. The fraction of sp³-hybridized carbons (Fsp3) is 0.100. The predicted molar refractivity (Wildman–Crippen MR) is 102 cm³/mol. The Balaban J connectivity index is 1.81. The number of amides is 1. The number of nitrogens with one attached hydrogen (secondary N) is 1. The number of anilines is 1. The Morgan fingerprint density at radius 3 is 2.72 bits per heavy atom. The summed E-state index contributed by atoms with van der Waals surface area (Å²) in [6.07, 6.45) is 1.53. The van der Waals surface area contributed by atoms with Crippen molar-refractivity contribution in [2.45, 2.75) is 6.92 Å². The molecule has 0 bridgehead atoms. The van der Waals surface area contributed by atoms with Crippen LogP contribution in [0.1, 0.15) is 22.8 Å². The van der Waals surface area contributed by atoms with Crippen LogP contribution in [0, 0.1) is 0 Å². The molecule has 0 atom stereocenters. The van der Waals surface area contributed by atoms with Gasteiger partial charge in [0, 0.05) is 10.8 Å². The fourth-order valence-electron chi connectivity index (χ4n) is 2.54. The average molecular weight is 351 g/mol. The van der Waals surface area contributed by atoms with Gasteiger partial charge in [-0.15, -0.1) is 11.3 Å².